The van der Waals surface area contributed by atoms with Crippen molar-refractivity contribution in [3.63, 3.8) is 0 Å². The van der Waals surface area contributed by atoms with Crippen molar-refractivity contribution >= 4 is 43.6 Å². The van der Waals surface area contributed by atoms with Crippen molar-refractivity contribution < 1.29 is 0 Å². The summed E-state index contributed by atoms with van der Waals surface area (Å²) in [5, 5.41) is 5.16. The molecule has 0 unspecified atom stereocenters. The van der Waals surface area contributed by atoms with Gasteiger partial charge in [0.2, 0.25) is 0 Å². The lowest BCUT2D eigenvalue weighted by molar-refractivity contribution is 1.17. The summed E-state index contributed by atoms with van der Waals surface area (Å²) in [5.74, 6) is 0. The second-order valence-corrected chi connectivity index (χ2v) is 10.3. The minimum Gasteiger partial charge on any atom is -0.309 e. The van der Waals surface area contributed by atoms with Crippen LogP contribution in [0.15, 0.2) is 140 Å². The molecule has 2 heteroatoms. The van der Waals surface area contributed by atoms with E-state index < -0.39 is 0 Å². The van der Waals surface area contributed by atoms with Gasteiger partial charge in [0.1, 0.15) is 0 Å². The van der Waals surface area contributed by atoms with E-state index >= 15 is 0 Å². The zero-order chi connectivity index (χ0) is 25.9. The van der Waals surface area contributed by atoms with Crippen LogP contribution in [0.5, 0.6) is 0 Å². The molecule has 2 nitrogen and oxygen atoms in total. The minimum atomic E-state index is 1.17. The molecule has 0 radical (unpaired) electrons. The van der Waals surface area contributed by atoms with Crippen LogP contribution in [0.2, 0.25) is 0 Å². The molecule has 6 aromatic carbocycles. The van der Waals surface area contributed by atoms with Crippen molar-refractivity contribution in [3.05, 3.63) is 145 Å². The number of fused-ring (bicyclic) bond motifs is 7. The van der Waals surface area contributed by atoms with Crippen molar-refractivity contribution in [3.8, 4) is 22.5 Å². The van der Waals surface area contributed by atoms with Crippen LogP contribution in [0.3, 0.4) is 0 Å². The Hall–Kier alpha value is -5.08. The number of aromatic nitrogens is 2. The van der Waals surface area contributed by atoms with E-state index in [-0.39, 0.29) is 0 Å². The van der Waals surface area contributed by atoms with E-state index in [2.05, 4.69) is 156 Å². The fourth-order valence-electron chi connectivity index (χ4n) is 6.28. The van der Waals surface area contributed by atoms with Gasteiger partial charge >= 0.3 is 0 Å². The second-order valence-electron chi connectivity index (χ2n) is 10.3. The molecule has 0 spiro atoms. The predicted molar refractivity (Wildman–Crippen MR) is 165 cm³/mol. The van der Waals surface area contributed by atoms with Gasteiger partial charge in [-0.15, -0.1) is 0 Å². The molecule has 8 rings (SSSR count). The molecular weight excluding hydrogens is 472 g/mol. The van der Waals surface area contributed by atoms with Crippen molar-refractivity contribution in [2.75, 3.05) is 0 Å². The molecule has 2 aromatic heterocycles. The Bertz CT molecular complexity index is 2160. The summed E-state index contributed by atoms with van der Waals surface area (Å²) < 4.78 is 4.83. The van der Waals surface area contributed by atoms with Crippen molar-refractivity contribution in [2.45, 2.75) is 6.92 Å². The van der Waals surface area contributed by atoms with Crippen molar-refractivity contribution in [2.24, 2.45) is 0 Å². The van der Waals surface area contributed by atoms with Gasteiger partial charge in [-0.05, 0) is 72.1 Å². The maximum atomic E-state index is 2.41. The molecule has 8 aromatic rings. The molecular formula is C37H26N2. The number of benzene rings is 6. The van der Waals surface area contributed by atoms with Gasteiger partial charge in [-0.3, -0.25) is 0 Å². The molecule has 0 aliphatic rings. The highest BCUT2D eigenvalue weighted by molar-refractivity contribution is 6.28. The number of nitrogens with zero attached hydrogens (tertiary/aromatic N) is 2. The summed E-state index contributed by atoms with van der Waals surface area (Å²) in [7, 11) is 0. The highest BCUT2D eigenvalue weighted by Gasteiger charge is 2.20. The van der Waals surface area contributed by atoms with Crippen molar-refractivity contribution in [1.29, 1.82) is 0 Å². The fourth-order valence-corrected chi connectivity index (χ4v) is 6.28. The topological polar surface area (TPSA) is 9.86 Å². The summed E-state index contributed by atoms with van der Waals surface area (Å²) in [6, 6.07) is 50.5. The monoisotopic (exact) mass is 498 g/mol. The van der Waals surface area contributed by atoms with E-state index in [0.29, 0.717) is 0 Å². The van der Waals surface area contributed by atoms with Crippen LogP contribution in [0.4, 0.5) is 0 Å². The maximum Gasteiger partial charge on any atom is 0.0548 e. The Balaban J connectivity index is 1.46. The van der Waals surface area contributed by atoms with Crippen LogP contribution in [-0.4, -0.2) is 9.13 Å². The van der Waals surface area contributed by atoms with Crippen LogP contribution in [-0.2, 0) is 0 Å². The molecule has 0 amide bonds. The molecule has 0 saturated heterocycles. The molecule has 0 N–H and O–H groups in total. The van der Waals surface area contributed by atoms with Crippen molar-refractivity contribution in [1.82, 2.24) is 9.13 Å². The number of hydrogen-bond acceptors (Lipinski definition) is 0. The number of hydrogen-bond donors (Lipinski definition) is 0. The van der Waals surface area contributed by atoms with Crippen LogP contribution in [0, 0.1) is 6.92 Å². The first-order valence-corrected chi connectivity index (χ1v) is 13.5. The quantitative estimate of drug-likeness (QED) is 0.229. The molecule has 0 atom stereocenters. The van der Waals surface area contributed by atoms with Crippen LogP contribution < -0.4 is 0 Å². The predicted octanol–water partition coefficient (Wildman–Crippen LogP) is 9.86. The Morgan fingerprint density at radius 2 is 0.923 bits per heavy atom. The first kappa shape index (κ1) is 22.0. The first-order valence-electron chi connectivity index (χ1n) is 13.5. The molecule has 2 heterocycles. The van der Waals surface area contributed by atoms with Crippen LogP contribution >= 0.6 is 0 Å². The summed E-state index contributed by atoms with van der Waals surface area (Å²) in [6.45, 7) is 2.16. The molecule has 0 bridgehead atoms. The van der Waals surface area contributed by atoms with Gasteiger partial charge in [-0.2, -0.15) is 0 Å². The van der Waals surface area contributed by atoms with E-state index in [4.69, 9.17) is 0 Å². The zero-order valence-electron chi connectivity index (χ0n) is 21.7. The van der Waals surface area contributed by atoms with Gasteiger partial charge in [0.05, 0.1) is 22.1 Å². The summed E-state index contributed by atoms with van der Waals surface area (Å²) in [5.41, 5.74) is 11.0. The highest BCUT2D eigenvalue weighted by Crippen LogP contribution is 2.42. The van der Waals surface area contributed by atoms with E-state index in [1.54, 1.807) is 0 Å². The van der Waals surface area contributed by atoms with Gasteiger partial charge in [0.25, 0.3) is 0 Å². The number of para-hydroxylation sites is 2. The summed E-state index contributed by atoms with van der Waals surface area (Å²) in [6.07, 6.45) is 0. The zero-order valence-corrected chi connectivity index (χ0v) is 21.7. The fraction of sp³-hybridized carbons (Fsp3) is 0.0270. The summed E-state index contributed by atoms with van der Waals surface area (Å²) in [4.78, 5) is 0. The third-order valence-electron chi connectivity index (χ3n) is 7.96. The standard InChI is InChI=1S/C37H26N2/c1-25-10-9-13-29(24-25)39-33-17-8-6-15-31(33)37-35(39)23-22-34-36(37)30-14-5-7-16-32(30)38(34)28-20-18-27(19-21-28)26-11-3-2-4-12-26/h2-24H,1H3. The molecule has 184 valence electrons. The molecule has 0 saturated carbocycles. The Morgan fingerprint density at radius 3 is 1.54 bits per heavy atom. The minimum absolute atomic E-state index is 1.17. The lowest BCUT2D eigenvalue weighted by atomic mass is 10.1. The smallest absolute Gasteiger partial charge is 0.0548 e. The first-order chi connectivity index (χ1) is 19.3. The maximum absolute atomic E-state index is 2.41. The van der Waals surface area contributed by atoms with Gasteiger partial charge < -0.3 is 9.13 Å². The van der Waals surface area contributed by atoms with Gasteiger partial charge in [0, 0.05) is 32.9 Å². The summed E-state index contributed by atoms with van der Waals surface area (Å²) >= 11 is 0. The Labute approximate surface area is 227 Å². The van der Waals surface area contributed by atoms with E-state index in [1.807, 2.05) is 0 Å². The van der Waals surface area contributed by atoms with Crippen LogP contribution in [0.25, 0.3) is 66.1 Å². The van der Waals surface area contributed by atoms with Gasteiger partial charge in [-0.25, -0.2) is 0 Å². The second kappa shape index (κ2) is 8.47. The normalized spacial score (nSPS) is 11.7. The molecule has 0 aliphatic carbocycles. The largest absolute Gasteiger partial charge is 0.309 e. The van der Waals surface area contributed by atoms with E-state index in [1.165, 1.54) is 71.7 Å². The molecule has 39 heavy (non-hydrogen) atoms. The third kappa shape index (κ3) is 3.28. The van der Waals surface area contributed by atoms with Gasteiger partial charge in [-0.1, -0.05) is 91.0 Å². The highest BCUT2D eigenvalue weighted by atomic mass is 15.0. The molecule has 0 aliphatic heterocycles. The average molecular weight is 499 g/mol. The average Bonchev–Trinajstić information content (AvgIpc) is 3.50. The Kier molecular flexibility index (Phi) is 4.77. The lowest BCUT2D eigenvalue weighted by Crippen LogP contribution is -1.95. The third-order valence-corrected chi connectivity index (χ3v) is 7.96. The lowest BCUT2D eigenvalue weighted by Gasteiger charge is -2.10. The van der Waals surface area contributed by atoms with Gasteiger partial charge in [0.15, 0.2) is 0 Å². The SMILES string of the molecule is Cc1cccc(-n2c3ccccc3c3c4c5ccccc5n(-c5ccc(-c6ccccc6)cc5)c4ccc32)c1. The molecule has 0 fully saturated rings. The van der Waals surface area contributed by atoms with E-state index in [9.17, 15) is 0 Å². The number of rotatable bonds is 3. The van der Waals surface area contributed by atoms with E-state index in [0.717, 1.165) is 0 Å². The number of aryl methyl sites for hydroxylation is 1. The Morgan fingerprint density at radius 1 is 0.385 bits per heavy atom. The van der Waals surface area contributed by atoms with Crippen LogP contribution in [0.1, 0.15) is 5.56 Å².